The first-order valence-corrected chi connectivity index (χ1v) is 5.69. The molecule has 5 nitrogen and oxygen atoms in total. The van der Waals surface area contributed by atoms with Crippen LogP contribution in [-0.4, -0.2) is 45.2 Å². The number of hydrogen-bond acceptors (Lipinski definition) is 4. The van der Waals surface area contributed by atoms with Gasteiger partial charge in [-0.25, -0.2) is 0 Å². The Bertz CT molecular complexity index is 152. The molecule has 0 radical (unpaired) electrons. The summed E-state index contributed by atoms with van der Waals surface area (Å²) in [5.41, 5.74) is 5.26. The standard InChI is InChI=1S/C10H24N4O/c1-2-5-12-8-9-13-6-3-10(15)14-7-4-11/h12-13H,2-9,11H2,1H3,(H,14,15). The number of carbonyl (C=O) groups is 1. The number of nitrogens with two attached hydrogens (primary N) is 1. The van der Waals surface area contributed by atoms with Crippen molar-refractivity contribution in [2.45, 2.75) is 19.8 Å². The molecule has 0 saturated heterocycles. The number of amides is 1. The van der Waals surface area contributed by atoms with E-state index in [-0.39, 0.29) is 5.91 Å². The van der Waals surface area contributed by atoms with Crippen LogP contribution in [-0.2, 0) is 4.79 Å². The maximum Gasteiger partial charge on any atom is 0.221 e. The van der Waals surface area contributed by atoms with Crippen LogP contribution in [0.3, 0.4) is 0 Å². The molecule has 0 heterocycles. The topological polar surface area (TPSA) is 79.2 Å². The maximum atomic E-state index is 11.1. The summed E-state index contributed by atoms with van der Waals surface area (Å²) >= 11 is 0. The molecule has 0 atom stereocenters. The van der Waals surface area contributed by atoms with Crippen LogP contribution in [0.25, 0.3) is 0 Å². The van der Waals surface area contributed by atoms with E-state index in [0.29, 0.717) is 19.5 Å². The molecule has 5 N–H and O–H groups in total. The van der Waals surface area contributed by atoms with Crippen LogP contribution >= 0.6 is 0 Å². The molecule has 0 unspecified atom stereocenters. The lowest BCUT2D eigenvalue weighted by Gasteiger charge is -2.06. The molecule has 0 saturated carbocycles. The monoisotopic (exact) mass is 216 g/mol. The summed E-state index contributed by atoms with van der Waals surface area (Å²) in [6.45, 7) is 6.85. The van der Waals surface area contributed by atoms with Crippen LogP contribution in [0, 0.1) is 0 Å². The molecule has 0 rings (SSSR count). The Morgan fingerprint density at radius 1 is 1.07 bits per heavy atom. The molecule has 15 heavy (non-hydrogen) atoms. The molecular formula is C10H24N4O. The van der Waals surface area contributed by atoms with Crippen molar-refractivity contribution in [3.8, 4) is 0 Å². The SMILES string of the molecule is CCCNCCNCCC(=O)NCCN. The molecule has 0 aromatic carbocycles. The van der Waals surface area contributed by atoms with Gasteiger partial charge in [0.2, 0.25) is 5.91 Å². The molecule has 0 aromatic heterocycles. The number of carbonyl (C=O) groups excluding carboxylic acids is 1. The van der Waals surface area contributed by atoms with E-state index in [9.17, 15) is 4.79 Å². The minimum absolute atomic E-state index is 0.0643. The van der Waals surface area contributed by atoms with Gasteiger partial charge in [0.1, 0.15) is 0 Å². The molecule has 0 bridgehead atoms. The first-order valence-electron chi connectivity index (χ1n) is 5.69. The first kappa shape index (κ1) is 14.3. The molecule has 0 spiro atoms. The molecule has 0 aromatic rings. The Morgan fingerprint density at radius 3 is 2.33 bits per heavy atom. The van der Waals surface area contributed by atoms with Crippen LogP contribution in [0.1, 0.15) is 19.8 Å². The van der Waals surface area contributed by atoms with E-state index in [2.05, 4.69) is 22.9 Å². The van der Waals surface area contributed by atoms with E-state index in [0.717, 1.165) is 32.6 Å². The third-order valence-corrected chi connectivity index (χ3v) is 1.90. The van der Waals surface area contributed by atoms with Crippen molar-refractivity contribution >= 4 is 5.91 Å². The average molecular weight is 216 g/mol. The second kappa shape index (κ2) is 11.4. The van der Waals surface area contributed by atoms with Gasteiger partial charge >= 0.3 is 0 Å². The van der Waals surface area contributed by atoms with Crippen molar-refractivity contribution in [3.63, 3.8) is 0 Å². The third-order valence-electron chi connectivity index (χ3n) is 1.90. The summed E-state index contributed by atoms with van der Waals surface area (Å²) < 4.78 is 0. The van der Waals surface area contributed by atoms with Gasteiger partial charge in [0.15, 0.2) is 0 Å². The summed E-state index contributed by atoms with van der Waals surface area (Å²) in [7, 11) is 0. The maximum absolute atomic E-state index is 11.1. The van der Waals surface area contributed by atoms with Gasteiger partial charge in [-0.15, -0.1) is 0 Å². The van der Waals surface area contributed by atoms with Crippen LogP contribution < -0.4 is 21.7 Å². The zero-order chi connectivity index (χ0) is 11.4. The Kier molecular flexibility index (Phi) is 10.9. The molecule has 1 amide bonds. The highest BCUT2D eigenvalue weighted by Gasteiger charge is 1.98. The van der Waals surface area contributed by atoms with Gasteiger partial charge in [0.05, 0.1) is 0 Å². The van der Waals surface area contributed by atoms with E-state index in [1.165, 1.54) is 0 Å². The molecule has 0 aliphatic rings. The van der Waals surface area contributed by atoms with Crippen LogP contribution in [0.2, 0.25) is 0 Å². The largest absolute Gasteiger partial charge is 0.355 e. The fourth-order valence-corrected chi connectivity index (χ4v) is 1.11. The van der Waals surface area contributed by atoms with Crippen molar-refractivity contribution in [3.05, 3.63) is 0 Å². The van der Waals surface area contributed by atoms with Crippen molar-refractivity contribution < 1.29 is 4.79 Å². The minimum atomic E-state index is 0.0643. The van der Waals surface area contributed by atoms with E-state index in [1.54, 1.807) is 0 Å². The fraction of sp³-hybridized carbons (Fsp3) is 0.900. The highest BCUT2D eigenvalue weighted by Crippen LogP contribution is 1.76. The molecule has 0 aliphatic carbocycles. The molecule has 90 valence electrons. The highest BCUT2D eigenvalue weighted by molar-refractivity contribution is 5.75. The predicted octanol–water partition coefficient (Wildman–Crippen LogP) is -0.959. The lowest BCUT2D eigenvalue weighted by Crippen LogP contribution is -2.33. The molecule has 5 heteroatoms. The predicted molar refractivity (Wildman–Crippen MR) is 62.7 cm³/mol. The average Bonchev–Trinajstić information content (AvgIpc) is 2.25. The quantitative estimate of drug-likeness (QED) is 0.355. The summed E-state index contributed by atoms with van der Waals surface area (Å²) in [5, 5.41) is 9.20. The summed E-state index contributed by atoms with van der Waals surface area (Å²) in [6, 6.07) is 0. The zero-order valence-corrected chi connectivity index (χ0v) is 9.64. The van der Waals surface area contributed by atoms with E-state index in [1.807, 2.05) is 0 Å². The van der Waals surface area contributed by atoms with E-state index < -0.39 is 0 Å². The van der Waals surface area contributed by atoms with Gasteiger partial charge in [-0.2, -0.15) is 0 Å². The molecule has 0 aliphatic heterocycles. The smallest absolute Gasteiger partial charge is 0.221 e. The van der Waals surface area contributed by atoms with Crippen molar-refractivity contribution in [2.24, 2.45) is 5.73 Å². The van der Waals surface area contributed by atoms with Gasteiger partial charge in [-0.1, -0.05) is 6.92 Å². The lowest BCUT2D eigenvalue weighted by molar-refractivity contribution is -0.120. The minimum Gasteiger partial charge on any atom is -0.355 e. The lowest BCUT2D eigenvalue weighted by atomic mass is 10.4. The van der Waals surface area contributed by atoms with Crippen molar-refractivity contribution in [1.82, 2.24) is 16.0 Å². The second-order valence-corrected chi connectivity index (χ2v) is 3.39. The fourth-order valence-electron chi connectivity index (χ4n) is 1.11. The van der Waals surface area contributed by atoms with Gasteiger partial charge in [-0.3, -0.25) is 4.79 Å². The van der Waals surface area contributed by atoms with E-state index in [4.69, 9.17) is 5.73 Å². The van der Waals surface area contributed by atoms with Crippen LogP contribution in [0.15, 0.2) is 0 Å². The third kappa shape index (κ3) is 11.3. The summed E-state index contributed by atoms with van der Waals surface area (Å²) in [4.78, 5) is 11.1. The Labute approximate surface area is 92.2 Å². The summed E-state index contributed by atoms with van der Waals surface area (Å²) in [6.07, 6.45) is 1.68. The number of hydrogen-bond donors (Lipinski definition) is 4. The number of nitrogens with one attached hydrogen (secondary N) is 3. The summed E-state index contributed by atoms with van der Waals surface area (Å²) in [5.74, 6) is 0.0643. The van der Waals surface area contributed by atoms with Crippen molar-refractivity contribution in [2.75, 3.05) is 39.3 Å². The highest BCUT2D eigenvalue weighted by atomic mass is 16.1. The second-order valence-electron chi connectivity index (χ2n) is 3.39. The van der Waals surface area contributed by atoms with Crippen LogP contribution in [0.4, 0.5) is 0 Å². The molecule has 0 fully saturated rings. The number of rotatable bonds is 10. The molecular weight excluding hydrogens is 192 g/mol. The zero-order valence-electron chi connectivity index (χ0n) is 9.64. The first-order chi connectivity index (χ1) is 7.31. The van der Waals surface area contributed by atoms with Gasteiger partial charge < -0.3 is 21.7 Å². The Hall–Kier alpha value is -0.650. The van der Waals surface area contributed by atoms with Crippen molar-refractivity contribution in [1.29, 1.82) is 0 Å². The van der Waals surface area contributed by atoms with Gasteiger partial charge in [0, 0.05) is 39.1 Å². The van der Waals surface area contributed by atoms with Gasteiger partial charge in [-0.05, 0) is 13.0 Å². The Balaban J connectivity index is 3.06. The van der Waals surface area contributed by atoms with E-state index >= 15 is 0 Å². The van der Waals surface area contributed by atoms with Gasteiger partial charge in [0.25, 0.3) is 0 Å². The van der Waals surface area contributed by atoms with Crippen LogP contribution in [0.5, 0.6) is 0 Å². The normalized spacial score (nSPS) is 10.3. The Morgan fingerprint density at radius 2 is 1.73 bits per heavy atom.